The molecule has 1 aromatic rings. The van der Waals surface area contributed by atoms with Crippen molar-refractivity contribution in [3.8, 4) is 0 Å². The van der Waals surface area contributed by atoms with Crippen molar-refractivity contribution in [1.29, 1.82) is 0 Å². The second kappa shape index (κ2) is 11.8. The Hall–Kier alpha value is -0.520. The summed E-state index contributed by atoms with van der Waals surface area (Å²) in [5, 5.41) is 3.26. The Morgan fingerprint density at radius 1 is 1.21 bits per heavy atom. The average Bonchev–Trinajstić information content (AvgIpc) is 2.71. The number of benzene rings is 1. The number of halogens is 1. The summed E-state index contributed by atoms with van der Waals surface area (Å²) in [4.78, 5) is 6.72. The Morgan fingerprint density at radius 3 is 2.62 bits per heavy atom. The van der Waals surface area contributed by atoms with Gasteiger partial charge >= 0.3 is 0 Å². The normalized spacial score (nSPS) is 19.6. The third-order valence-electron chi connectivity index (χ3n) is 5.52. The molecule has 0 unspecified atom stereocenters. The first kappa shape index (κ1) is 24.7. The third kappa shape index (κ3) is 7.59. The number of hydrogen-bond acceptors (Lipinski definition) is 4. The Balaban J connectivity index is 0.00000300. The summed E-state index contributed by atoms with van der Waals surface area (Å²) in [6.07, 6.45) is 6.55. The highest BCUT2D eigenvalue weighted by molar-refractivity contribution is 14.0. The molecule has 0 aromatic heterocycles. The molecule has 164 valence electrons. The standard InChI is InChI=1S/C20H32N4O2S2.HI/c1-21-19(24-13-14-27-20(17-24)10-6-3-7-11-20)22-12-15-28(25,26)23-16-18-8-4-2-5-9-18;/h2,4-5,8-9,23H,3,6-7,10-17H2,1H3,(H,21,22);1H. The van der Waals surface area contributed by atoms with E-state index in [9.17, 15) is 8.42 Å². The number of aliphatic imine (C=N–C) groups is 1. The van der Waals surface area contributed by atoms with Crippen LogP contribution in [-0.2, 0) is 16.6 Å². The van der Waals surface area contributed by atoms with Gasteiger partial charge < -0.3 is 10.2 Å². The van der Waals surface area contributed by atoms with E-state index in [1.807, 2.05) is 30.3 Å². The number of sulfonamides is 1. The zero-order chi connectivity index (χ0) is 19.9. The largest absolute Gasteiger partial charge is 0.355 e. The second-order valence-corrected chi connectivity index (χ2v) is 11.1. The van der Waals surface area contributed by atoms with Crippen LogP contribution in [0.5, 0.6) is 0 Å². The van der Waals surface area contributed by atoms with E-state index in [1.54, 1.807) is 7.05 Å². The summed E-state index contributed by atoms with van der Waals surface area (Å²) in [5.41, 5.74) is 0.957. The molecule has 0 radical (unpaired) electrons. The smallest absolute Gasteiger partial charge is 0.213 e. The minimum atomic E-state index is -3.33. The van der Waals surface area contributed by atoms with Crippen LogP contribution < -0.4 is 10.0 Å². The van der Waals surface area contributed by atoms with Crippen molar-refractivity contribution in [1.82, 2.24) is 14.9 Å². The van der Waals surface area contributed by atoms with Gasteiger partial charge in [0, 0.05) is 43.7 Å². The summed E-state index contributed by atoms with van der Waals surface area (Å²) in [6.45, 7) is 2.65. The quantitative estimate of drug-likeness (QED) is 0.323. The maximum absolute atomic E-state index is 12.3. The van der Waals surface area contributed by atoms with Gasteiger partial charge in [-0.2, -0.15) is 11.8 Å². The molecule has 0 bridgehead atoms. The molecular weight excluding hydrogens is 519 g/mol. The predicted molar refractivity (Wildman–Crippen MR) is 134 cm³/mol. The van der Waals surface area contributed by atoms with E-state index in [1.165, 1.54) is 32.1 Å². The molecule has 1 spiro atoms. The van der Waals surface area contributed by atoms with Crippen molar-refractivity contribution in [2.45, 2.75) is 43.4 Å². The molecule has 0 amide bonds. The first-order valence-electron chi connectivity index (χ1n) is 10.1. The van der Waals surface area contributed by atoms with Gasteiger partial charge in [0.15, 0.2) is 5.96 Å². The van der Waals surface area contributed by atoms with Crippen LogP contribution in [0.25, 0.3) is 0 Å². The summed E-state index contributed by atoms with van der Waals surface area (Å²) in [5.74, 6) is 1.97. The predicted octanol–water partition coefficient (Wildman–Crippen LogP) is 3.05. The summed E-state index contributed by atoms with van der Waals surface area (Å²) in [7, 11) is -1.55. The lowest BCUT2D eigenvalue weighted by molar-refractivity contribution is 0.293. The van der Waals surface area contributed by atoms with E-state index < -0.39 is 10.0 Å². The zero-order valence-electron chi connectivity index (χ0n) is 17.1. The lowest BCUT2D eigenvalue weighted by atomic mass is 9.87. The lowest BCUT2D eigenvalue weighted by Gasteiger charge is -2.45. The molecule has 1 heterocycles. The molecule has 1 aromatic carbocycles. The van der Waals surface area contributed by atoms with Gasteiger partial charge in [-0.05, 0) is 18.4 Å². The molecule has 0 atom stereocenters. The highest BCUT2D eigenvalue weighted by Gasteiger charge is 2.38. The van der Waals surface area contributed by atoms with Crippen LogP contribution in [0.3, 0.4) is 0 Å². The minimum absolute atomic E-state index is 0. The van der Waals surface area contributed by atoms with Crippen LogP contribution in [0.4, 0.5) is 0 Å². The van der Waals surface area contributed by atoms with Gasteiger partial charge in [-0.1, -0.05) is 49.6 Å². The van der Waals surface area contributed by atoms with Crippen molar-refractivity contribution in [2.75, 3.05) is 38.2 Å². The van der Waals surface area contributed by atoms with E-state index in [4.69, 9.17) is 0 Å². The number of nitrogens with zero attached hydrogens (tertiary/aromatic N) is 2. The zero-order valence-corrected chi connectivity index (χ0v) is 21.1. The summed E-state index contributed by atoms with van der Waals surface area (Å²) < 4.78 is 27.6. The molecular formula is C20H33IN4O2S2. The van der Waals surface area contributed by atoms with Gasteiger partial charge in [-0.15, -0.1) is 24.0 Å². The molecule has 29 heavy (non-hydrogen) atoms. The number of guanidine groups is 1. The Bertz CT molecular complexity index is 747. The Morgan fingerprint density at radius 2 is 1.93 bits per heavy atom. The molecule has 9 heteroatoms. The molecule has 1 saturated heterocycles. The highest BCUT2D eigenvalue weighted by Crippen LogP contribution is 2.42. The van der Waals surface area contributed by atoms with Gasteiger partial charge in [-0.3, -0.25) is 4.99 Å². The van der Waals surface area contributed by atoms with Crippen molar-refractivity contribution in [3.05, 3.63) is 35.9 Å². The molecule has 1 aliphatic heterocycles. The van der Waals surface area contributed by atoms with Gasteiger partial charge in [-0.25, -0.2) is 13.1 Å². The molecule has 3 rings (SSSR count). The molecule has 1 saturated carbocycles. The van der Waals surface area contributed by atoms with Crippen molar-refractivity contribution < 1.29 is 8.42 Å². The summed E-state index contributed by atoms with van der Waals surface area (Å²) in [6, 6.07) is 9.57. The highest BCUT2D eigenvalue weighted by atomic mass is 127. The number of thioether (sulfide) groups is 1. The van der Waals surface area contributed by atoms with Crippen LogP contribution in [-0.4, -0.2) is 62.2 Å². The van der Waals surface area contributed by atoms with Crippen LogP contribution >= 0.6 is 35.7 Å². The fourth-order valence-corrected chi connectivity index (χ4v) is 6.49. The van der Waals surface area contributed by atoms with Crippen LogP contribution in [0, 0.1) is 0 Å². The van der Waals surface area contributed by atoms with E-state index >= 15 is 0 Å². The van der Waals surface area contributed by atoms with E-state index in [2.05, 4.69) is 31.7 Å². The average molecular weight is 553 g/mol. The van der Waals surface area contributed by atoms with Gasteiger partial charge in [0.05, 0.1) is 5.75 Å². The lowest BCUT2D eigenvalue weighted by Crippen LogP contribution is -2.54. The van der Waals surface area contributed by atoms with Crippen molar-refractivity contribution >= 4 is 51.7 Å². The summed E-state index contributed by atoms with van der Waals surface area (Å²) >= 11 is 2.12. The minimum Gasteiger partial charge on any atom is -0.355 e. The SMILES string of the molecule is CN=C(NCCS(=O)(=O)NCc1ccccc1)N1CCSC2(CCCCC2)C1.I. The Labute approximate surface area is 196 Å². The Kier molecular flexibility index (Phi) is 10.0. The first-order valence-corrected chi connectivity index (χ1v) is 12.8. The van der Waals surface area contributed by atoms with Gasteiger partial charge in [0.2, 0.25) is 10.0 Å². The van der Waals surface area contributed by atoms with Gasteiger partial charge in [0.1, 0.15) is 0 Å². The maximum Gasteiger partial charge on any atom is 0.213 e. The second-order valence-electron chi connectivity index (χ2n) is 7.61. The number of hydrogen-bond donors (Lipinski definition) is 2. The molecule has 2 fully saturated rings. The van der Waals surface area contributed by atoms with Crippen LogP contribution in [0.2, 0.25) is 0 Å². The van der Waals surface area contributed by atoms with E-state index in [0.717, 1.165) is 30.4 Å². The molecule has 2 aliphatic rings. The van der Waals surface area contributed by atoms with E-state index in [0.29, 0.717) is 17.8 Å². The molecule has 2 N–H and O–H groups in total. The fraction of sp³-hybridized carbons (Fsp3) is 0.650. The van der Waals surface area contributed by atoms with E-state index in [-0.39, 0.29) is 29.7 Å². The molecule has 1 aliphatic carbocycles. The number of nitrogens with one attached hydrogen (secondary N) is 2. The first-order chi connectivity index (χ1) is 13.5. The fourth-order valence-electron chi connectivity index (χ4n) is 4.02. The van der Waals surface area contributed by atoms with Crippen LogP contribution in [0.15, 0.2) is 35.3 Å². The monoisotopic (exact) mass is 552 g/mol. The van der Waals surface area contributed by atoms with Crippen molar-refractivity contribution in [2.24, 2.45) is 4.99 Å². The van der Waals surface area contributed by atoms with Crippen LogP contribution in [0.1, 0.15) is 37.7 Å². The third-order valence-corrected chi connectivity index (χ3v) is 8.38. The molecule has 6 nitrogen and oxygen atoms in total. The topological polar surface area (TPSA) is 73.8 Å². The number of rotatable bonds is 6. The van der Waals surface area contributed by atoms with Gasteiger partial charge in [0.25, 0.3) is 0 Å². The van der Waals surface area contributed by atoms with Crippen molar-refractivity contribution in [3.63, 3.8) is 0 Å². The maximum atomic E-state index is 12.3.